The first kappa shape index (κ1) is 23.6. The molecule has 0 bridgehead atoms. The molecule has 0 aliphatic carbocycles. The predicted molar refractivity (Wildman–Crippen MR) is 147 cm³/mol. The van der Waals surface area contributed by atoms with Gasteiger partial charge in [-0.25, -0.2) is 0 Å². The average Bonchev–Trinajstić information content (AvgIpc) is 3.35. The third kappa shape index (κ3) is 4.46. The molecule has 0 spiro atoms. The maximum absolute atomic E-state index is 5.89. The lowest BCUT2D eigenvalue weighted by atomic mass is 9.96. The number of nitrogens with one attached hydrogen (secondary N) is 1. The van der Waals surface area contributed by atoms with E-state index in [9.17, 15) is 0 Å². The Morgan fingerprint density at radius 2 is 1.77 bits per heavy atom. The van der Waals surface area contributed by atoms with Gasteiger partial charge in [0.1, 0.15) is 5.75 Å². The van der Waals surface area contributed by atoms with Crippen LogP contribution < -0.4 is 10.1 Å². The minimum Gasteiger partial charge on any atom is -0.497 e. The van der Waals surface area contributed by atoms with Crippen LogP contribution in [0.15, 0.2) is 83.5 Å². The van der Waals surface area contributed by atoms with Crippen molar-refractivity contribution in [3.63, 3.8) is 0 Å². The van der Waals surface area contributed by atoms with Gasteiger partial charge in [-0.15, -0.1) is 0 Å². The number of para-hydroxylation sites is 1. The van der Waals surface area contributed by atoms with Crippen molar-refractivity contribution in [3.05, 3.63) is 112 Å². The quantitative estimate of drug-likeness (QED) is 0.282. The molecule has 0 amide bonds. The molecule has 1 N–H and O–H groups in total. The number of halogens is 1. The molecule has 1 fully saturated rings. The van der Waals surface area contributed by atoms with E-state index in [1.807, 2.05) is 36.5 Å². The number of benzene rings is 2. The van der Waals surface area contributed by atoms with Crippen molar-refractivity contribution in [2.45, 2.75) is 32.5 Å². The highest BCUT2D eigenvalue weighted by molar-refractivity contribution is 9.10. The smallest absolute Gasteiger partial charge is 0.170 e. The summed E-state index contributed by atoms with van der Waals surface area (Å²) in [4.78, 5) is 6.97. The molecule has 7 heteroatoms. The number of rotatable bonds is 6. The second-order valence-corrected chi connectivity index (χ2v) is 9.96. The zero-order valence-electron chi connectivity index (χ0n) is 19.9. The summed E-state index contributed by atoms with van der Waals surface area (Å²) in [5.41, 5.74) is 6.86. The fourth-order valence-corrected chi connectivity index (χ4v) is 5.70. The maximum Gasteiger partial charge on any atom is 0.170 e. The highest BCUT2D eigenvalue weighted by Crippen LogP contribution is 2.42. The number of aryl methyl sites for hydroxylation is 1. The third-order valence-electron chi connectivity index (χ3n) is 6.59. The van der Waals surface area contributed by atoms with Gasteiger partial charge in [-0.1, -0.05) is 30.3 Å². The summed E-state index contributed by atoms with van der Waals surface area (Å²) >= 11 is 9.62. The highest BCUT2D eigenvalue weighted by atomic mass is 79.9. The number of hydrogen-bond donors (Lipinski definition) is 1. The van der Waals surface area contributed by atoms with Gasteiger partial charge in [-0.3, -0.25) is 4.98 Å². The minimum atomic E-state index is -0.0601. The van der Waals surface area contributed by atoms with Gasteiger partial charge in [-0.05, 0) is 95.6 Å². The Morgan fingerprint density at radius 3 is 2.46 bits per heavy atom. The van der Waals surface area contributed by atoms with Crippen LogP contribution >= 0.6 is 28.1 Å². The largest absolute Gasteiger partial charge is 0.497 e. The van der Waals surface area contributed by atoms with E-state index in [4.69, 9.17) is 17.0 Å². The van der Waals surface area contributed by atoms with Crippen molar-refractivity contribution in [1.29, 1.82) is 0 Å². The number of methoxy groups -OCH3 is 1. The van der Waals surface area contributed by atoms with Crippen LogP contribution in [0.5, 0.6) is 5.75 Å². The first-order valence-electron chi connectivity index (χ1n) is 11.5. The number of hydrogen-bond acceptors (Lipinski definition) is 3. The van der Waals surface area contributed by atoms with Crippen LogP contribution in [0.3, 0.4) is 0 Å². The van der Waals surface area contributed by atoms with Gasteiger partial charge in [0.15, 0.2) is 5.11 Å². The molecule has 4 aromatic rings. The van der Waals surface area contributed by atoms with Crippen LogP contribution in [0.1, 0.15) is 40.3 Å². The number of aromatic nitrogens is 2. The average molecular weight is 548 g/mol. The van der Waals surface area contributed by atoms with Crippen LogP contribution in [-0.2, 0) is 6.54 Å². The number of thiocarbonyl (C=S) groups is 1. The summed E-state index contributed by atoms with van der Waals surface area (Å²) in [6, 6.07) is 24.7. The van der Waals surface area contributed by atoms with Gasteiger partial charge in [-0.2, -0.15) is 0 Å². The molecular weight excluding hydrogens is 520 g/mol. The molecule has 1 aliphatic heterocycles. The van der Waals surface area contributed by atoms with Gasteiger partial charge in [0.25, 0.3) is 0 Å². The first-order chi connectivity index (χ1) is 17.0. The number of pyridine rings is 1. The lowest BCUT2D eigenvalue weighted by Crippen LogP contribution is -2.29. The summed E-state index contributed by atoms with van der Waals surface area (Å²) in [6.07, 6.45) is 1.84. The first-order valence-corrected chi connectivity index (χ1v) is 12.7. The molecule has 3 heterocycles. The normalized spacial score (nSPS) is 17.5. The summed E-state index contributed by atoms with van der Waals surface area (Å²) in [5, 5.41) is 4.30. The van der Waals surface area contributed by atoms with E-state index in [1.54, 1.807) is 7.11 Å². The summed E-state index contributed by atoms with van der Waals surface area (Å²) in [7, 11) is 1.68. The van der Waals surface area contributed by atoms with Crippen LogP contribution in [0, 0.1) is 13.8 Å². The molecule has 0 saturated carbocycles. The lowest BCUT2D eigenvalue weighted by molar-refractivity contribution is 0.310. The van der Waals surface area contributed by atoms with Gasteiger partial charge < -0.3 is 19.5 Å². The van der Waals surface area contributed by atoms with E-state index in [2.05, 4.69) is 92.0 Å². The van der Waals surface area contributed by atoms with Gasteiger partial charge >= 0.3 is 0 Å². The zero-order chi connectivity index (χ0) is 24.5. The standard InChI is InChI=1S/C28H27BrN4OS/c1-18-16-22(19(2)33(18)25-10-5-4-8-23(25)29)27-26(24-9-6-7-15-30-24)31-28(35)32(27)17-20-11-13-21(34-3)14-12-20/h4-16,26-27H,17H2,1-3H3,(H,31,35)/t26-,27+/m1/s1. The Kier molecular flexibility index (Phi) is 6.62. The summed E-state index contributed by atoms with van der Waals surface area (Å²) < 4.78 is 8.71. The minimum absolute atomic E-state index is 0.0121. The highest BCUT2D eigenvalue weighted by Gasteiger charge is 2.41. The van der Waals surface area contributed by atoms with Gasteiger partial charge in [0, 0.05) is 28.6 Å². The molecule has 5 nitrogen and oxygen atoms in total. The van der Waals surface area contributed by atoms with Crippen LogP contribution in [0.4, 0.5) is 0 Å². The SMILES string of the molecule is COc1ccc(CN2C(=S)N[C@H](c3ccccn3)[C@@H]2c2cc(C)n(-c3ccccc3Br)c2C)cc1. The van der Waals surface area contributed by atoms with E-state index in [0.29, 0.717) is 6.54 Å². The van der Waals surface area contributed by atoms with Gasteiger partial charge in [0.2, 0.25) is 0 Å². The van der Waals surface area contributed by atoms with E-state index >= 15 is 0 Å². The van der Waals surface area contributed by atoms with Crippen molar-refractivity contribution in [3.8, 4) is 11.4 Å². The molecule has 0 unspecified atom stereocenters. The van der Waals surface area contributed by atoms with Crippen molar-refractivity contribution in [2.24, 2.45) is 0 Å². The molecule has 5 rings (SSSR count). The molecular formula is C28H27BrN4OS. The Balaban J connectivity index is 1.60. The lowest BCUT2D eigenvalue weighted by Gasteiger charge is -2.28. The zero-order valence-corrected chi connectivity index (χ0v) is 22.3. The number of nitrogens with zero attached hydrogens (tertiary/aromatic N) is 3. The molecule has 0 radical (unpaired) electrons. The molecule has 1 aliphatic rings. The Bertz CT molecular complexity index is 1350. The van der Waals surface area contributed by atoms with Crippen LogP contribution in [0.2, 0.25) is 0 Å². The molecule has 35 heavy (non-hydrogen) atoms. The predicted octanol–water partition coefficient (Wildman–Crippen LogP) is 6.43. The fourth-order valence-electron chi connectivity index (χ4n) is 4.93. The topological polar surface area (TPSA) is 42.3 Å². The maximum atomic E-state index is 5.89. The summed E-state index contributed by atoms with van der Waals surface area (Å²) in [6.45, 7) is 5.02. The molecule has 1 saturated heterocycles. The molecule has 2 aromatic carbocycles. The van der Waals surface area contributed by atoms with E-state index in [0.717, 1.165) is 26.7 Å². The van der Waals surface area contributed by atoms with Crippen molar-refractivity contribution >= 4 is 33.3 Å². The van der Waals surface area contributed by atoms with E-state index < -0.39 is 0 Å². The van der Waals surface area contributed by atoms with E-state index in [1.165, 1.54) is 22.5 Å². The molecule has 178 valence electrons. The van der Waals surface area contributed by atoms with Crippen molar-refractivity contribution < 1.29 is 4.74 Å². The Hall–Kier alpha value is -3.16. The summed E-state index contributed by atoms with van der Waals surface area (Å²) in [5.74, 6) is 0.843. The third-order valence-corrected chi connectivity index (χ3v) is 7.61. The Labute approximate surface area is 219 Å². The Morgan fingerprint density at radius 1 is 1.03 bits per heavy atom. The second-order valence-electron chi connectivity index (χ2n) is 8.72. The van der Waals surface area contributed by atoms with Crippen LogP contribution in [0.25, 0.3) is 5.69 Å². The van der Waals surface area contributed by atoms with E-state index in [-0.39, 0.29) is 12.1 Å². The van der Waals surface area contributed by atoms with Crippen molar-refractivity contribution in [2.75, 3.05) is 7.11 Å². The number of ether oxygens (including phenoxy) is 1. The second kappa shape index (κ2) is 9.84. The fraction of sp³-hybridized carbons (Fsp3) is 0.214. The van der Waals surface area contributed by atoms with Crippen molar-refractivity contribution in [1.82, 2.24) is 19.8 Å². The molecule has 2 aromatic heterocycles. The van der Waals surface area contributed by atoms with Gasteiger partial charge in [0.05, 0.1) is 30.6 Å². The monoisotopic (exact) mass is 546 g/mol. The molecule has 2 atom stereocenters. The van der Waals surface area contributed by atoms with Crippen LogP contribution in [-0.4, -0.2) is 26.7 Å².